The number of aryl methyl sites for hydroxylation is 1. The molecule has 0 spiro atoms. The summed E-state index contributed by atoms with van der Waals surface area (Å²) in [5.41, 5.74) is 0.914. The number of rotatable bonds is 10. The minimum atomic E-state index is -3.87. The third-order valence-electron chi connectivity index (χ3n) is 4.41. The average molecular weight is 437 g/mol. The van der Waals surface area contributed by atoms with Gasteiger partial charge in [0.25, 0.3) is 15.9 Å². The van der Waals surface area contributed by atoms with Gasteiger partial charge in [-0.15, -0.1) is 0 Å². The summed E-state index contributed by atoms with van der Waals surface area (Å²) in [6.45, 7) is 1.96. The van der Waals surface area contributed by atoms with E-state index in [1.165, 1.54) is 50.4 Å². The van der Waals surface area contributed by atoms with Crippen molar-refractivity contribution < 1.29 is 27.1 Å². The summed E-state index contributed by atoms with van der Waals surface area (Å²) in [5.74, 6) is -0.997. The van der Waals surface area contributed by atoms with Crippen molar-refractivity contribution in [1.82, 2.24) is 5.32 Å². The van der Waals surface area contributed by atoms with E-state index in [9.17, 15) is 22.4 Å². The molecule has 0 heterocycles. The highest BCUT2D eigenvalue weighted by molar-refractivity contribution is 7.92. The Balaban J connectivity index is 1.86. The predicted octanol–water partition coefficient (Wildman–Crippen LogP) is 3.40. The summed E-state index contributed by atoms with van der Waals surface area (Å²) in [6.07, 6.45) is 2.58. The minimum Gasteiger partial charge on any atom is -0.469 e. The maximum absolute atomic E-state index is 13.4. The summed E-state index contributed by atoms with van der Waals surface area (Å²) >= 11 is 0. The van der Waals surface area contributed by atoms with Crippen molar-refractivity contribution in [2.75, 3.05) is 18.4 Å². The molecule has 0 fully saturated rings. The van der Waals surface area contributed by atoms with Crippen molar-refractivity contribution in [3.8, 4) is 0 Å². The third-order valence-corrected chi connectivity index (χ3v) is 5.79. The fourth-order valence-electron chi connectivity index (χ4n) is 2.67. The number of carbonyl (C=O) groups is 2. The Labute approximate surface area is 175 Å². The number of carbonyl (C=O) groups excluding carboxylic acids is 2. The van der Waals surface area contributed by atoms with Gasteiger partial charge in [0.2, 0.25) is 0 Å². The molecular formula is C21H25FN2O5S. The highest BCUT2D eigenvalue weighted by Crippen LogP contribution is 2.19. The van der Waals surface area contributed by atoms with Gasteiger partial charge in [-0.3, -0.25) is 14.3 Å². The molecule has 0 radical (unpaired) electrons. The summed E-state index contributed by atoms with van der Waals surface area (Å²) in [6, 6.07) is 9.55. The van der Waals surface area contributed by atoms with Crippen LogP contribution in [0.2, 0.25) is 0 Å². The van der Waals surface area contributed by atoms with E-state index in [0.29, 0.717) is 24.9 Å². The first-order valence-corrected chi connectivity index (χ1v) is 11.0. The molecule has 0 aliphatic heterocycles. The Morgan fingerprint density at radius 2 is 1.73 bits per heavy atom. The van der Waals surface area contributed by atoms with Crippen molar-refractivity contribution in [1.29, 1.82) is 0 Å². The second-order valence-electron chi connectivity index (χ2n) is 6.74. The van der Waals surface area contributed by atoms with Crippen LogP contribution in [0.15, 0.2) is 47.4 Å². The Morgan fingerprint density at radius 3 is 2.37 bits per heavy atom. The van der Waals surface area contributed by atoms with E-state index in [2.05, 4.69) is 14.8 Å². The molecule has 2 rings (SSSR count). The van der Waals surface area contributed by atoms with Crippen LogP contribution in [-0.4, -0.2) is 33.9 Å². The van der Waals surface area contributed by atoms with Gasteiger partial charge in [-0.25, -0.2) is 12.8 Å². The smallest absolute Gasteiger partial charge is 0.305 e. The van der Waals surface area contributed by atoms with Crippen molar-refractivity contribution in [3.63, 3.8) is 0 Å². The molecule has 2 N–H and O–H groups in total. The van der Waals surface area contributed by atoms with Gasteiger partial charge in [0, 0.05) is 24.2 Å². The number of unbranched alkanes of at least 4 members (excludes halogenated alkanes) is 2. The molecule has 7 nitrogen and oxygen atoms in total. The molecule has 0 saturated carbocycles. The molecule has 1 amide bonds. The second-order valence-corrected chi connectivity index (χ2v) is 8.42. The van der Waals surface area contributed by atoms with Gasteiger partial charge in [0.1, 0.15) is 5.82 Å². The van der Waals surface area contributed by atoms with Crippen molar-refractivity contribution in [3.05, 3.63) is 59.4 Å². The lowest BCUT2D eigenvalue weighted by atomic mass is 10.1. The molecule has 0 aliphatic carbocycles. The first kappa shape index (κ1) is 23.3. The lowest BCUT2D eigenvalue weighted by Crippen LogP contribution is -2.24. The van der Waals surface area contributed by atoms with Crippen LogP contribution in [0.25, 0.3) is 0 Å². The van der Waals surface area contributed by atoms with Crippen LogP contribution in [0.4, 0.5) is 10.1 Å². The second kappa shape index (κ2) is 10.7. The first-order chi connectivity index (χ1) is 14.2. The summed E-state index contributed by atoms with van der Waals surface area (Å²) in [7, 11) is -2.52. The fraction of sp³-hybridized carbons (Fsp3) is 0.333. The van der Waals surface area contributed by atoms with Crippen molar-refractivity contribution >= 4 is 27.6 Å². The normalized spacial score (nSPS) is 11.0. The maximum Gasteiger partial charge on any atom is 0.305 e. The lowest BCUT2D eigenvalue weighted by Gasteiger charge is -2.10. The van der Waals surface area contributed by atoms with Crippen LogP contribution in [0.3, 0.4) is 0 Å². The zero-order chi connectivity index (χ0) is 22.1. The van der Waals surface area contributed by atoms with Crippen molar-refractivity contribution in [2.24, 2.45) is 0 Å². The van der Waals surface area contributed by atoms with Crippen LogP contribution in [0.1, 0.15) is 41.6 Å². The zero-order valence-electron chi connectivity index (χ0n) is 16.9. The highest BCUT2D eigenvalue weighted by atomic mass is 32.2. The Kier molecular flexibility index (Phi) is 8.35. The third kappa shape index (κ3) is 6.84. The number of ether oxygens (including phenoxy) is 1. The van der Waals surface area contributed by atoms with Crippen LogP contribution < -0.4 is 10.0 Å². The van der Waals surface area contributed by atoms with Crippen LogP contribution in [-0.2, 0) is 19.6 Å². The van der Waals surface area contributed by atoms with E-state index >= 15 is 0 Å². The predicted molar refractivity (Wildman–Crippen MR) is 111 cm³/mol. The molecule has 0 unspecified atom stereocenters. The molecule has 0 aliphatic rings. The van der Waals surface area contributed by atoms with Gasteiger partial charge in [0.15, 0.2) is 0 Å². The molecule has 0 saturated heterocycles. The molecule has 2 aromatic carbocycles. The van der Waals surface area contributed by atoms with Gasteiger partial charge in [-0.1, -0.05) is 6.42 Å². The summed E-state index contributed by atoms with van der Waals surface area (Å²) in [5, 5.41) is 2.78. The Bertz CT molecular complexity index is 991. The molecule has 162 valence electrons. The van der Waals surface area contributed by atoms with E-state index in [-0.39, 0.29) is 28.0 Å². The number of nitrogens with one attached hydrogen (secondary N) is 2. The van der Waals surface area contributed by atoms with Gasteiger partial charge >= 0.3 is 5.97 Å². The molecule has 9 heteroatoms. The number of amides is 1. The number of halogens is 1. The fourth-order valence-corrected chi connectivity index (χ4v) is 3.81. The van der Waals surface area contributed by atoms with E-state index in [4.69, 9.17) is 0 Å². The first-order valence-electron chi connectivity index (χ1n) is 9.47. The SMILES string of the molecule is COC(=O)CCCCCNC(=O)c1ccc(NS(=O)(=O)c2ccc(F)c(C)c2)cc1. The van der Waals surface area contributed by atoms with Crippen LogP contribution in [0, 0.1) is 12.7 Å². The number of hydrogen-bond donors (Lipinski definition) is 2. The van der Waals surface area contributed by atoms with Gasteiger partial charge in [-0.2, -0.15) is 0 Å². The molecule has 2 aromatic rings. The highest BCUT2D eigenvalue weighted by Gasteiger charge is 2.16. The number of benzene rings is 2. The van der Waals surface area contributed by atoms with Gasteiger partial charge in [-0.05, 0) is 67.8 Å². The topological polar surface area (TPSA) is 102 Å². The minimum absolute atomic E-state index is 0.0459. The number of sulfonamides is 1. The summed E-state index contributed by atoms with van der Waals surface area (Å²) in [4.78, 5) is 23.1. The lowest BCUT2D eigenvalue weighted by molar-refractivity contribution is -0.140. The number of esters is 1. The maximum atomic E-state index is 13.4. The number of hydrogen-bond acceptors (Lipinski definition) is 5. The molecule has 30 heavy (non-hydrogen) atoms. The van der Waals surface area contributed by atoms with E-state index in [1.807, 2.05) is 0 Å². The van der Waals surface area contributed by atoms with E-state index in [0.717, 1.165) is 18.9 Å². The Hall–Kier alpha value is -2.94. The number of methoxy groups -OCH3 is 1. The van der Waals surface area contributed by atoms with E-state index < -0.39 is 15.8 Å². The quantitative estimate of drug-likeness (QED) is 0.439. The van der Waals surface area contributed by atoms with E-state index in [1.54, 1.807) is 0 Å². The molecule has 0 bridgehead atoms. The summed E-state index contributed by atoms with van der Waals surface area (Å²) < 4.78 is 45.2. The van der Waals surface area contributed by atoms with Crippen LogP contribution in [0.5, 0.6) is 0 Å². The Morgan fingerprint density at radius 1 is 1.03 bits per heavy atom. The zero-order valence-corrected chi connectivity index (χ0v) is 17.7. The van der Waals surface area contributed by atoms with Crippen LogP contribution >= 0.6 is 0 Å². The van der Waals surface area contributed by atoms with Gasteiger partial charge in [0.05, 0.1) is 12.0 Å². The average Bonchev–Trinajstić information content (AvgIpc) is 2.72. The monoisotopic (exact) mass is 436 g/mol. The standard InChI is InChI=1S/C21H25FN2O5S/c1-15-14-18(11-12-19(15)22)30(27,28)24-17-9-7-16(8-10-17)21(26)23-13-5-3-4-6-20(25)29-2/h7-12,14,24H,3-6,13H2,1-2H3,(H,23,26). The molecular weight excluding hydrogens is 411 g/mol. The number of anilines is 1. The van der Waals surface area contributed by atoms with Gasteiger partial charge < -0.3 is 10.1 Å². The molecule has 0 atom stereocenters. The van der Waals surface area contributed by atoms with Crippen molar-refractivity contribution in [2.45, 2.75) is 37.5 Å². The molecule has 0 aromatic heterocycles. The largest absolute Gasteiger partial charge is 0.469 e.